The molecule has 0 saturated heterocycles. The van der Waals surface area contributed by atoms with E-state index in [1.165, 1.54) is 23.9 Å². The standard InChI is InChI=1S/C30H42N6O5/c1-20-28-11-12-36(15-23(28)5-10-29(20)40-17-27-14-31-19-41-27)16-25(37)13-32-30(38)21(2)33-18-34-22(3)35-24-6-8-26(39-4)9-7-24/h5,10,14,18-19,24-26,37H,2,6-9,11-13,15-17H2,1,3-4H3,(H,32,38)(H,33,34,35)/t24-,25-,26+/m0/s1. The summed E-state index contributed by atoms with van der Waals surface area (Å²) < 4.78 is 16.6. The molecular weight excluding hydrogens is 524 g/mol. The van der Waals surface area contributed by atoms with E-state index in [4.69, 9.17) is 13.9 Å². The molecule has 1 fully saturated rings. The first-order valence-corrected chi connectivity index (χ1v) is 14.2. The number of oxazole rings is 1. The van der Waals surface area contributed by atoms with Gasteiger partial charge in [0.2, 0.25) is 0 Å². The van der Waals surface area contributed by atoms with Crippen molar-refractivity contribution >= 4 is 18.1 Å². The number of aromatic nitrogens is 1. The van der Waals surface area contributed by atoms with E-state index >= 15 is 0 Å². The van der Waals surface area contributed by atoms with Gasteiger partial charge >= 0.3 is 0 Å². The van der Waals surface area contributed by atoms with Crippen molar-refractivity contribution in [3.05, 3.63) is 59.4 Å². The second-order valence-corrected chi connectivity index (χ2v) is 10.7. The van der Waals surface area contributed by atoms with Crippen LogP contribution < -0.4 is 15.4 Å². The summed E-state index contributed by atoms with van der Waals surface area (Å²) in [6, 6.07) is 4.42. The molecule has 0 bridgehead atoms. The molecular formula is C30H42N6O5. The van der Waals surface area contributed by atoms with Gasteiger partial charge in [0.25, 0.3) is 5.91 Å². The van der Waals surface area contributed by atoms with Crippen LogP contribution in [0.15, 0.2) is 51.4 Å². The third-order valence-electron chi connectivity index (χ3n) is 7.69. The highest BCUT2D eigenvalue weighted by Gasteiger charge is 2.23. The quantitative estimate of drug-likeness (QED) is 0.203. The maximum atomic E-state index is 12.4. The average Bonchev–Trinajstić information content (AvgIpc) is 3.49. The maximum Gasteiger partial charge on any atom is 0.269 e. The number of methoxy groups -OCH3 is 1. The molecule has 41 heavy (non-hydrogen) atoms. The Hall–Kier alpha value is -3.54. The molecule has 1 aromatic heterocycles. The first kappa shape index (κ1) is 30.4. The predicted octanol–water partition coefficient (Wildman–Crippen LogP) is 2.90. The number of fused-ring (bicyclic) bond motifs is 1. The Labute approximate surface area is 241 Å². The van der Waals surface area contributed by atoms with Crippen LogP contribution in [0.5, 0.6) is 5.75 Å². The summed E-state index contributed by atoms with van der Waals surface area (Å²) in [6.45, 7) is 10.1. The number of amidine groups is 1. The van der Waals surface area contributed by atoms with E-state index in [-0.39, 0.29) is 12.2 Å². The molecule has 0 spiro atoms. The van der Waals surface area contributed by atoms with E-state index in [1.807, 2.05) is 13.0 Å². The number of hydrogen-bond acceptors (Lipinski definition) is 8. The van der Waals surface area contributed by atoms with E-state index in [2.05, 4.69) is 50.1 Å². The van der Waals surface area contributed by atoms with Gasteiger partial charge in [-0.3, -0.25) is 9.69 Å². The summed E-state index contributed by atoms with van der Waals surface area (Å²) in [6.07, 6.45) is 8.98. The minimum Gasteiger partial charge on any atom is -0.485 e. The first-order chi connectivity index (χ1) is 19.8. The number of amides is 1. The van der Waals surface area contributed by atoms with Gasteiger partial charge in [0, 0.05) is 39.3 Å². The molecule has 11 nitrogen and oxygen atoms in total. The summed E-state index contributed by atoms with van der Waals surface area (Å²) in [5.41, 5.74) is 3.66. The van der Waals surface area contributed by atoms with Gasteiger partial charge in [0.05, 0.1) is 18.4 Å². The van der Waals surface area contributed by atoms with Crippen molar-refractivity contribution < 1.29 is 23.8 Å². The van der Waals surface area contributed by atoms with Crippen molar-refractivity contribution in [2.45, 2.75) is 77.4 Å². The molecule has 0 unspecified atom stereocenters. The van der Waals surface area contributed by atoms with Gasteiger partial charge in [0.1, 0.15) is 30.2 Å². The number of carbonyl (C=O) groups is 1. The smallest absolute Gasteiger partial charge is 0.269 e. The van der Waals surface area contributed by atoms with Crippen molar-refractivity contribution in [3.8, 4) is 5.75 Å². The van der Waals surface area contributed by atoms with Gasteiger partial charge in [-0.1, -0.05) is 12.6 Å². The van der Waals surface area contributed by atoms with Gasteiger partial charge in [-0.15, -0.1) is 0 Å². The summed E-state index contributed by atoms with van der Waals surface area (Å²) in [7, 11) is 1.76. The molecule has 4 rings (SSSR count). The average molecular weight is 567 g/mol. The number of β-amino-alcohol motifs (C(OH)–C–C–N with tert-alkyl or cyclic N) is 1. The van der Waals surface area contributed by atoms with Crippen LogP contribution in [0.1, 0.15) is 55.1 Å². The van der Waals surface area contributed by atoms with Crippen molar-refractivity contribution in [3.63, 3.8) is 0 Å². The van der Waals surface area contributed by atoms with Crippen LogP contribution in [0.3, 0.4) is 0 Å². The lowest BCUT2D eigenvalue weighted by atomic mass is 9.93. The molecule has 1 atom stereocenters. The minimum atomic E-state index is -0.722. The zero-order chi connectivity index (χ0) is 29.2. The summed E-state index contributed by atoms with van der Waals surface area (Å²) >= 11 is 0. The zero-order valence-corrected chi connectivity index (χ0v) is 24.3. The minimum absolute atomic E-state index is 0.0399. The number of ether oxygens (including phenoxy) is 2. The van der Waals surface area contributed by atoms with Crippen LogP contribution in [0.2, 0.25) is 0 Å². The van der Waals surface area contributed by atoms with Gasteiger partial charge < -0.3 is 29.6 Å². The molecule has 1 aliphatic carbocycles. The van der Waals surface area contributed by atoms with E-state index < -0.39 is 12.0 Å². The lowest BCUT2D eigenvalue weighted by Gasteiger charge is -2.31. The van der Waals surface area contributed by atoms with Gasteiger partial charge in [-0.25, -0.2) is 15.0 Å². The highest BCUT2D eigenvalue weighted by Crippen LogP contribution is 2.30. The number of benzene rings is 1. The Morgan fingerprint density at radius 2 is 2.15 bits per heavy atom. The van der Waals surface area contributed by atoms with Gasteiger partial charge in [-0.2, -0.15) is 0 Å². The third kappa shape index (κ3) is 8.97. The highest BCUT2D eigenvalue weighted by atomic mass is 16.5. The Morgan fingerprint density at radius 3 is 2.88 bits per heavy atom. The SMILES string of the molecule is C=C(/N=C\N=C(/C)N[C@H]1CC[C@@H](OC)CC1)C(=O)NC[C@H](O)CN1CCc2c(ccc(OCc3cnco3)c2C)C1. The fourth-order valence-electron chi connectivity index (χ4n) is 5.35. The molecule has 2 aliphatic rings. The molecule has 1 aromatic carbocycles. The second-order valence-electron chi connectivity index (χ2n) is 10.7. The van der Waals surface area contributed by atoms with Crippen molar-refractivity contribution in [2.24, 2.45) is 9.98 Å². The number of aliphatic imine (C=N–C) groups is 2. The van der Waals surface area contributed by atoms with E-state index in [0.29, 0.717) is 31.1 Å². The summed E-state index contributed by atoms with van der Waals surface area (Å²) in [5.74, 6) is 1.82. The van der Waals surface area contributed by atoms with Crippen LogP contribution in [0, 0.1) is 6.92 Å². The van der Waals surface area contributed by atoms with Crippen LogP contribution in [0.25, 0.3) is 0 Å². The molecule has 1 saturated carbocycles. The highest BCUT2D eigenvalue weighted by molar-refractivity contribution is 5.94. The second kappa shape index (κ2) is 14.9. The van der Waals surface area contributed by atoms with E-state index in [1.54, 1.807) is 13.3 Å². The Bertz CT molecular complexity index is 1220. The number of aliphatic hydroxyl groups excluding tert-OH is 1. The Morgan fingerprint density at radius 1 is 1.34 bits per heavy atom. The molecule has 1 aliphatic heterocycles. The normalized spacial score (nSPS) is 20.4. The van der Waals surface area contributed by atoms with Crippen molar-refractivity contribution in [1.29, 1.82) is 0 Å². The summed E-state index contributed by atoms with van der Waals surface area (Å²) in [4.78, 5) is 26.8. The molecule has 1 amide bonds. The topological polar surface area (TPSA) is 134 Å². The fraction of sp³-hybridized carbons (Fsp3) is 0.533. The molecule has 2 heterocycles. The van der Waals surface area contributed by atoms with Gasteiger partial charge in [-0.05, 0) is 68.7 Å². The number of aliphatic hydroxyl groups is 1. The number of hydrogen-bond donors (Lipinski definition) is 3. The monoisotopic (exact) mass is 566 g/mol. The lowest BCUT2D eigenvalue weighted by Crippen LogP contribution is -2.42. The predicted molar refractivity (Wildman–Crippen MR) is 157 cm³/mol. The molecule has 0 radical (unpaired) electrons. The van der Waals surface area contributed by atoms with Gasteiger partial charge in [0.15, 0.2) is 12.2 Å². The van der Waals surface area contributed by atoms with Crippen molar-refractivity contribution in [2.75, 3.05) is 26.7 Å². The number of carbonyl (C=O) groups excluding carboxylic acids is 1. The Kier molecular flexibility index (Phi) is 11.1. The van der Waals surface area contributed by atoms with Crippen LogP contribution in [-0.4, -0.2) is 78.1 Å². The van der Waals surface area contributed by atoms with Crippen molar-refractivity contribution in [1.82, 2.24) is 20.5 Å². The van der Waals surface area contributed by atoms with Crippen LogP contribution >= 0.6 is 0 Å². The number of nitrogens with zero attached hydrogens (tertiary/aromatic N) is 4. The molecule has 11 heteroatoms. The third-order valence-corrected chi connectivity index (χ3v) is 7.69. The number of rotatable bonds is 12. The summed E-state index contributed by atoms with van der Waals surface area (Å²) in [5, 5.41) is 16.7. The zero-order valence-electron chi connectivity index (χ0n) is 24.3. The molecule has 222 valence electrons. The van der Waals surface area contributed by atoms with E-state index in [9.17, 15) is 9.90 Å². The van der Waals surface area contributed by atoms with Crippen LogP contribution in [-0.2, 0) is 29.1 Å². The first-order valence-electron chi connectivity index (χ1n) is 14.2. The molecule has 3 N–H and O–H groups in total. The molecule has 2 aromatic rings. The maximum absolute atomic E-state index is 12.4. The fourth-order valence-corrected chi connectivity index (χ4v) is 5.35. The van der Waals surface area contributed by atoms with E-state index in [0.717, 1.165) is 62.3 Å². The Balaban J connectivity index is 1.16. The van der Waals surface area contributed by atoms with Crippen LogP contribution in [0.4, 0.5) is 0 Å². The lowest BCUT2D eigenvalue weighted by molar-refractivity contribution is -0.118. The number of nitrogens with one attached hydrogen (secondary N) is 2. The largest absolute Gasteiger partial charge is 0.485 e.